The molecule has 33 heavy (non-hydrogen) atoms. The fourth-order valence-corrected chi connectivity index (χ4v) is 3.65. The van der Waals surface area contributed by atoms with E-state index in [1.54, 1.807) is 43.5 Å². The second kappa shape index (κ2) is 9.25. The fraction of sp³-hybridized carbons (Fsp3) is 0.375. The molecule has 0 radical (unpaired) electrons. The highest BCUT2D eigenvalue weighted by Gasteiger charge is 2.33. The molecule has 3 aromatic rings. The van der Waals surface area contributed by atoms with Crippen LogP contribution in [0.15, 0.2) is 48.9 Å². The molecular weight excluding hydrogens is 431 g/mol. The quantitative estimate of drug-likeness (QED) is 0.454. The highest BCUT2D eigenvalue weighted by Crippen LogP contribution is 2.35. The second-order valence-electron chi connectivity index (χ2n) is 8.34. The van der Waals surface area contributed by atoms with E-state index in [0.717, 1.165) is 30.9 Å². The van der Waals surface area contributed by atoms with Crippen molar-refractivity contribution < 1.29 is 17.9 Å². The third-order valence-corrected chi connectivity index (χ3v) is 5.61. The topological polar surface area (TPSA) is 54.4 Å². The van der Waals surface area contributed by atoms with Crippen molar-refractivity contribution in [2.75, 3.05) is 24.0 Å². The number of halogens is 3. The van der Waals surface area contributed by atoms with Gasteiger partial charge in [-0.15, -0.1) is 0 Å². The average molecular weight is 458 g/mol. The third-order valence-electron chi connectivity index (χ3n) is 5.61. The van der Waals surface area contributed by atoms with Crippen molar-refractivity contribution in [3.63, 3.8) is 0 Å². The summed E-state index contributed by atoms with van der Waals surface area (Å²) in [5.74, 6) is -2.50. The van der Waals surface area contributed by atoms with Crippen molar-refractivity contribution in [2.24, 2.45) is 0 Å². The minimum Gasteiger partial charge on any atom is -0.481 e. The van der Waals surface area contributed by atoms with Crippen LogP contribution in [0.25, 0.3) is 0 Å². The molecule has 1 saturated carbocycles. The van der Waals surface area contributed by atoms with Gasteiger partial charge in [0.2, 0.25) is 11.7 Å². The van der Waals surface area contributed by atoms with Gasteiger partial charge in [0, 0.05) is 50.9 Å². The summed E-state index contributed by atoms with van der Waals surface area (Å²) in [6.45, 7) is 1.65. The molecule has 4 rings (SSSR count). The predicted octanol–water partition coefficient (Wildman–Crippen LogP) is 4.94. The van der Waals surface area contributed by atoms with Crippen molar-refractivity contribution in [1.29, 1.82) is 0 Å². The normalized spacial score (nSPS) is 13.6. The van der Waals surface area contributed by atoms with Gasteiger partial charge in [0.15, 0.2) is 11.6 Å². The highest BCUT2D eigenvalue weighted by molar-refractivity contribution is 5.54. The highest BCUT2D eigenvalue weighted by atomic mass is 19.3. The van der Waals surface area contributed by atoms with Crippen LogP contribution in [-0.4, -0.2) is 35.2 Å². The molecule has 0 N–H and O–H groups in total. The second-order valence-corrected chi connectivity index (χ2v) is 8.34. The number of hydrogen-bond acceptors (Lipinski definition) is 6. The number of anilines is 2. The summed E-state index contributed by atoms with van der Waals surface area (Å²) in [6, 6.07) is 9.92. The van der Waals surface area contributed by atoms with E-state index in [4.69, 9.17) is 4.74 Å². The largest absolute Gasteiger partial charge is 0.481 e. The number of nitrogens with zero attached hydrogens (tertiary/aromatic N) is 5. The smallest absolute Gasteiger partial charge is 0.270 e. The molecule has 1 aliphatic rings. The Balaban J connectivity index is 1.54. The predicted molar refractivity (Wildman–Crippen MR) is 120 cm³/mol. The first-order valence-corrected chi connectivity index (χ1v) is 10.7. The van der Waals surface area contributed by atoms with Gasteiger partial charge in [0.05, 0.1) is 7.11 Å². The van der Waals surface area contributed by atoms with Crippen molar-refractivity contribution in [2.45, 2.75) is 44.8 Å². The third kappa shape index (κ3) is 5.35. The summed E-state index contributed by atoms with van der Waals surface area (Å²) in [4.78, 5) is 16.2. The van der Waals surface area contributed by atoms with Gasteiger partial charge in [-0.2, -0.15) is 4.39 Å². The summed E-state index contributed by atoms with van der Waals surface area (Å²) in [5, 5.41) is 0. The van der Waals surface area contributed by atoms with Crippen LogP contribution in [0.1, 0.15) is 36.5 Å². The van der Waals surface area contributed by atoms with Gasteiger partial charge in [-0.05, 0) is 24.0 Å². The fourth-order valence-electron chi connectivity index (χ4n) is 3.65. The van der Waals surface area contributed by atoms with Crippen LogP contribution < -0.4 is 14.5 Å². The van der Waals surface area contributed by atoms with Crippen molar-refractivity contribution in [1.82, 2.24) is 15.0 Å². The monoisotopic (exact) mass is 457 g/mol. The first-order valence-electron chi connectivity index (χ1n) is 10.7. The molecule has 1 fully saturated rings. The Bertz CT molecular complexity index is 1080. The first-order chi connectivity index (χ1) is 15.8. The molecule has 0 amide bonds. The molecule has 0 bridgehead atoms. The molecule has 0 spiro atoms. The lowest BCUT2D eigenvalue weighted by atomic mass is 10.1. The van der Waals surface area contributed by atoms with Crippen LogP contribution in [0.3, 0.4) is 0 Å². The van der Waals surface area contributed by atoms with E-state index < -0.39 is 11.7 Å². The number of ether oxygens (including phenoxy) is 1. The number of alkyl halides is 2. The molecule has 2 heterocycles. The molecule has 6 nitrogen and oxygen atoms in total. The summed E-state index contributed by atoms with van der Waals surface area (Å²) < 4.78 is 47.7. The van der Waals surface area contributed by atoms with E-state index >= 15 is 4.39 Å². The SMILES string of the molecule is COc1ccc(CN(C)c2ncnc(N(Cc3ccc(C(C)(F)F)cc3)C3CC3)c2F)cn1. The maximum Gasteiger partial charge on any atom is 0.270 e. The summed E-state index contributed by atoms with van der Waals surface area (Å²) in [6.07, 6.45) is 4.89. The summed E-state index contributed by atoms with van der Waals surface area (Å²) in [5.41, 5.74) is 1.64. The Labute approximate surface area is 191 Å². The summed E-state index contributed by atoms with van der Waals surface area (Å²) in [7, 11) is 3.30. The molecule has 1 aliphatic carbocycles. The maximum absolute atomic E-state index is 15.6. The van der Waals surface area contributed by atoms with Crippen LogP contribution in [-0.2, 0) is 19.0 Å². The zero-order valence-corrected chi connectivity index (χ0v) is 18.8. The van der Waals surface area contributed by atoms with Gasteiger partial charge >= 0.3 is 0 Å². The molecule has 0 aliphatic heterocycles. The average Bonchev–Trinajstić information content (AvgIpc) is 3.63. The van der Waals surface area contributed by atoms with E-state index in [-0.39, 0.29) is 23.2 Å². The molecule has 2 aromatic heterocycles. The minimum atomic E-state index is -2.90. The zero-order valence-electron chi connectivity index (χ0n) is 18.8. The number of hydrogen-bond donors (Lipinski definition) is 0. The van der Waals surface area contributed by atoms with Crippen LogP contribution in [0, 0.1) is 5.82 Å². The lowest BCUT2D eigenvalue weighted by Crippen LogP contribution is -2.29. The molecule has 9 heteroatoms. The van der Waals surface area contributed by atoms with Gasteiger partial charge in [-0.3, -0.25) is 0 Å². The van der Waals surface area contributed by atoms with Gasteiger partial charge < -0.3 is 14.5 Å². The Morgan fingerprint density at radius 2 is 1.64 bits per heavy atom. The van der Waals surface area contributed by atoms with E-state index in [1.165, 1.54) is 18.5 Å². The van der Waals surface area contributed by atoms with Crippen LogP contribution in [0.5, 0.6) is 5.88 Å². The number of pyridine rings is 1. The molecule has 1 aromatic carbocycles. The van der Waals surface area contributed by atoms with Crippen LogP contribution >= 0.6 is 0 Å². The van der Waals surface area contributed by atoms with Gasteiger partial charge in [-0.25, -0.2) is 23.7 Å². The van der Waals surface area contributed by atoms with Crippen molar-refractivity contribution in [3.05, 3.63) is 71.4 Å². The lowest BCUT2D eigenvalue weighted by molar-refractivity contribution is 0.0174. The van der Waals surface area contributed by atoms with Crippen LogP contribution in [0.4, 0.5) is 24.8 Å². The molecule has 0 unspecified atom stereocenters. The minimum absolute atomic E-state index is 0.0469. The van der Waals surface area contributed by atoms with E-state index in [0.29, 0.717) is 19.0 Å². The van der Waals surface area contributed by atoms with Gasteiger partial charge in [0.25, 0.3) is 5.92 Å². The molecule has 0 atom stereocenters. The zero-order chi connectivity index (χ0) is 23.6. The molecule has 174 valence electrons. The number of aromatic nitrogens is 3. The summed E-state index contributed by atoms with van der Waals surface area (Å²) >= 11 is 0. The number of rotatable bonds is 9. The Hall–Kier alpha value is -3.36. The first kappa shape index (κ1) is 22.8. The standard InChI is InChI=1S/C24H26F3N5O/c1-24(26,27)18-7-4-16(5-8-18)14-32(19-9-10-19)23-21(25)22(29-15-30-23)31(2)13-17-6-11-20(33-3)28-12-17/h4-8,11-12,15,19H,9-10,13-14H2,1-3H3. The van der Waals surface area contributed by atoms with E-state index in [1.807, 2.05) is 11.0 Å². The van der Waals surface area contributed by atoms with E-state index in [9.17, 15) is 8.78 Å². The van der Waals surface area contributed by atoms with E-state index in [2.05, 4.69) is 15.0 Å². The Kier molecular flexibility index (Phi) is 6.40. The molecular formula is C24H26F3N5O. The van der Waals surface area contributed by atoms with Gasteiger partial charge in [0.1, 0.15) is 6.33 Å². The number of methoxy groups -OCH3 is 1. The lowest BCUT2D eigenvalue weighted by Gasteiger charge is -2.26. The van der Waals surface area contributed by atoms with Crippen LogP contribution in [0.2, 0.25) is 0 Å². The Morgan fingerprint density at radius 1 is 0.970 bits per heavy atom. The van der Waals surface area contributed by atoms with Crippen molar-refractivity contribution in [3.8, 4) is 5.88 Å². The Morgan fingerprint density at radius 3 is 2.21 bits per heavy atom. The van der Waals surface area contributed by atoms with Crippen molar-refractivity contribution >= 4 is 11.6 Å². The molecule has 0 saturated heterocycles. The van der Waals surface area contributed by atoms with Gasteiger partial charge in [-0.1, -0.05) is 30.3 Å². The number of benzene rings is 1. The maximum atomic E-state index is 15.6.